The van der Waals surface area contributed by atoms with Crippen LogP contribution in [-0.4, -0.2) is 84.5 Å². The molecule has 0 spiro atoms. The molecule has 1 amide bonds. The molecule has 1 aliphatic carbocycles. The molecule has 1 aromatic carbocycles. The van der Waals surface area contributed by atoms with Gasteiger partial charge in [0, 0.05) is 61.5 Å². The minimum Gasteiger partial charge on any atom is -0.444 e. The Morgan fingerprint density at radius 3 is 2.71 bits per heavy atom. The van der Waals surface area contributed by atoms with E-state index >= 15 is 0 Å². The quantitative estimate of drug-likeness (QED) is 0.567. The van der Waals surface area contributed by atoms with E-state index in [-0.39, 0.29) is 18.2 Å². The molecule has 2 fully saturated rings. The van der Waals surface area contributed by atoms with Crippen LogP contribution in [0.3, 0.4) is 0 Å². The van der Waals surface area contributed by atoms with Gasteiger partial charge in [0.2, 0.25) is 0 Å². The number of amides is 1. The van der Waals surface area contributed by atoms with Gasteiger partial charge in [-0.15, -0.1) is 0 Å². The van der Waals surface area contributed by atoms with Crippen LogP contribution in [-0.2, 0) is 9.47 Å². The van der Waals surface area contributed by atoms with Crippen LogP contribution in [0.4, 0.5) is 10.5 Å². The summed E-state index contributed by atoms with van der Waals surface area (Å²) in [6.45, 7) is 13.8. The molecule has 9 heteroatoms. The molecule has 4 heterocycles. The number of anilines is 1. The molecule has 1 N–H and O–H groups in total. The minimum absolute atomic E-state index is 0.0183. The van der Waals surface area contributed by atoms with E-state index in [1.165, 1.54) is 22.4 Å². The van der Waals surface area contributed by atoms with Crippen LogP contribution in [0, 0.1) is 11.3 Å². The third-order valence-electron chi connectivity index (χ3n) is 8.77. The third-order valence-corrected chi connectivity index (χ3v) is 8.77. The second-order valence-electron chi connectivity index (χ2n) is 12.9. The van der Waals surface area contributed by atoms with Gasteiger partial charge in [0.1, 0.15) is 11.7 Å². The van der Waals surface area contributed by atoms with Crippen LogP contribution >= 0.6 is 0 Å². The fourth-order valence-electron chi connectivity index (χ4n) is 6.71. The fourth-order valence-corrected chi connectivity index (χ4v) is 6.71. The first-order chi connectivity index (χ1) is 20.1. The third kappa shape index (κ3) is 5.09. The number of carbonyl (C=O) groups is 1. The van der Waals surface area contributed by atoms with Crippen molar-refractivity contribution in [1.29, 1.82) is 5.26 Å². The van der Waals surface area contributed by atoms with Crippen LogP contribution in [0.15, 0.2) is 64.7 Å². The number of carbonyl (C=O) groups excluding carboxylic acids is 1. The maximum Gasteiger partial charge on any atom is 0.410 e. The molecule has 9 nitrogen and oxygen atoms in total. The van der Waals surface area contributed by atoms with Crippen molar-refractivity contribution in [1.82, 2.24) is 20.1 Å². The Morgan fingerprint density at radius 1 is 1.17 bits per heavy atom. The molecule has 1 aromatic heterocycles. The molecule has 3 aliphatic heterocycles. The Kier molecular flexibility index (Phi) is 7.14. The number of pyridine rings is 1. The zero-order valence-corrected chi connectivity index (χ0v) is 25.4. The number of piperazine rings is 1. The first kappa shape index (κ1) is 28.1. The number of nitriles is 1. The molecule has 220 valence electrons. The summed E-state index contributed by atoms with van der Waals surface area (Å²) in [5, 5.41) is 14.4. The number of hydrogen-bond donors (Lipinski definition) is 1. The van der Waals surface area contributed by atoms with Crippen molar-refractivity contribution in [2.45, 2.75) is 64.8 Å². The van der Waals surface area contributed by atoms with Gasteiger partial charge in [0.25, 0.3) is 0 Å². The minimum atomic E-state index is -0.534. The Balaban J connectivity index is 1.23. The lowest BCUT2D eigenvalue weighted by molar-refractivity contribution is 0.0252. The highest BCUT2D eigenvalue weighted by Crippen LogP contribution is 2.42. The predicted octanol–water partition coefficient (Wildman–Crippen LogP) is 4.71. The lowest BCUT2D eigenvalue weighted by Crippen LogP contribution is -2.49. The smallest absolute Gasteiger partial charge is 0.410 e. The number of ether oxygens (including phenoxy) is 2. The zero-order chi connectivity index (χ0) is 29.8. The summed E-state index contributed by atoms with van der Waals surface area (Å²) in [6.07, 6.45) is 4.53. The molecule has 0 unspecified atom stereocenters. The van der Waals surface area contributed by atoms with Gasteiger partial charge < -0.3 is 29.5 Å². The number of methoxy groups -OCH3 is 1. The van der Waals surface area contributed by atoms with E-state index in [2.05, 4.69) is 58.2 Å². The molecule has 42 heavy (non-hydrogen) atoms. The number of aromatic nitrogens is 1. The van der Waals surface area contributed by atoms with E-state index in [1.54, 1.807) is 18.2 Å². The molecule has 3 atom stereocenters. The molecule has 0 radical (unpaired) electrons. The average molecular weight is 569 g/mol. The number of rotatable bonds is 4. The normalized spacial score (nSPS) is 24.1. The fraction of sp³-hybridized carbons (Fsp3) is 0.485. The molecule has 2 saturated heterocycles. The van der Waals surface area contributed by atoms with Gasteiger partial charge in [-0.3, -0.25) is 4.98 Å². The second kappa shape index (κ2) is 10.7. The number of hydrogen-bond acceptors (Lipinski definition) is 8. The molecular formula is C33H40N6O3. The summed E-state index contributed by atoms with van der Waals surface area (Å²) in [5.41, 5.74) is 8.52. The lowest BCUT2D eigenvalue weighted by Gasteiger charge is -2.42. The highest BCUT2D eigenvalue weighted by molar-refractivity contribution is 5.95. The topological polar surface area (TPSA) is 94.0 Å². The molecule has 0 bridgehead atoms. The largest absolute Gasteiger partial charge is 0.444 e. The lowest BCUT2D eigenvalue weighted by atomic mass is 9.91. The van der Waals surface area contributed by atoms with E-state index < -0.39 is 5.60 Å². The van der Waals surface area contributed by atoms with Crippen LogP contribution < -0.4 is 10.2 Å². The van der Waals surface area contributed by atoms with Crippen LogP contribution in [0.2, 0.25) is 0 Å². The highest BCUT2D eigenvalue weighted by Gasteiger charge is 2.40. The molecule has 0 saturated carbocycles. The van der Waals surface area contributed by atoms with Crippen molar-refractivity contribution in [3.8, 4) is 6.07 Å². The summed E-state index contributed by atoms with van der Waals surface area (Å²) in [4.78, 5) is 24.0. The molecule has 4 aliphatic rings. The maximum atomic E-state index is 12.7. The Morgan fingerprint density at radius 2 is 1.98 bits per heavy atom. The second-order valence-corrected chi connectivity index (χ2v) is 12.9. The average Bonchev–Trinajstić information content (AvgIpc) is 3.53. The van der Waals surface area contributed by atoms with Crippen molar-refractivity contribution in [3.63, 3.8) is 0 Å². The number of likely N-dealkylation sites (tertiary alicyclic amines) is 1. The van der Waals surface area contributed by atoms with Crippen LogP contribution in [0.5, 0.6) is 0 Å². The van der Waals surface area contributed by atoms with Gasteiger partial charge in [0.15, 0.2) is 0 Å². The van der Waals surface area contributed by atoms with Gasteiger partial charge in [0.05, 0.1) is 36.3 Å². The monoisotopic (exact) mass is 568 g/mol. The first-order valence-corrected chi connectivity index (χ1v) is 14.8. The van der Waals surface area contributed by atoms with Crippen molar-refractivity contribution < 1.29 is 14.3 Å². The van der Waals surface area contributed by atoms with Crippen molar-refractivity contribution in [2.75, 3.05) is 44.7 Å². The Hall–Kier alpha value is -4.03. The number of nitrogens with one attached hydrogen (secondary N) is 1. The van der Waals surface area contributed by atoms with Gasteiger partial charge in [-0.25, -0.2) is 4.79 Å². The SMILES string of the molecule is CO[C@@H]1CN(C(=O)OC(C)(C)C)C[C@H]1NC1=C(C)CC2=C3CN(c4ccc(C#N)c5ncccc45)C[C@@H](C)N3CC2=C1. The van der Waals surface area contributed by atoms with E-state index in [0.29, 0.717) is 24.7 Å². The van der Waals surface area contributed by atoms with Gasteiger partial charge in [-0.05, 0) is 88.1 Å². The van der Waals surface area contributed by atoms with Crippen LogP contribution in [0.1, 0.15) is 46.6 Å². The number of benzene rings is 1. The van der Waals surface area contributed by atoms with Gasteiger partial charge >= 0.3 is 6.09 Å². The van der Waals surface area contributed by atoms with E-state index in [4.69, 9.17) is 9.47 Å². The standard InChI is InChI=1S/C33H40N6O3/c1-20-12-25-23(13-26(20)36-27-17-38(19-30(27)41-6)32(40)42-33(3,4)5)16-39-21(2)15-37(18-29(25)39)28-10-9-22(14-34)31-24(28)8-7-11-35-31/h7-11,13,21,27,30,36H,12,15-19H2,1-6H3/t21-,27-,30-/m1/s1. The van der Waals surface area contributed by atoms with E-state index in [0.717, 1.165) is 48.3 Å². The molecular weight excluding hydrogens is 528 g/mol. The van der Waals surface area contributed by atoms with E-state index in [1.807, 2.05) is 32.9 Å². The van der Waals surface area contributed by atoms with E-state index in [9.17, 15) is 10.1 Å². The van der Waals surface area contributed by atoms with Crippen LogP contribution in [0.25, 0.3) is 10.9 Å². The summed E-state index contributed by atoms with van der Waals surface area (Å²) in [5.74, 6) is 0. The first-order valence-electron chi connectivity index (χ1n) is 14.8. The maximum absolute atomic E-state index is 12.7. The Bertz CT molecular complexity index is 1560. The highest BCUT2D eigenvalue weighted by atomic mass is 16.6. The van der Waals surface area contributed by atoms with Crippen molar-refractivity contribution in [3.05, 3.63) is 70.2 Å². The summed E-state index contributed by atoms with van der Waals surface area (Å²) < 4.78 is 11.4. The van der Waals surface area contributed by atoms with Gasteiger partial charge in [-0.1, -0.05) is 0 Å². The summed E-state index contributed by atoms with van der Waals surface area (Å²) in [7, 11) is 1.70. The Labute approximate surface area is 248 Å². The summed E-state index contributed by atoms with van der Waals surface area (Å²) in [6, 6.07) is 10.6. The molecule has 2 aromatic rings. The summed E-state index contributed by atoms with van der Waals surface area (Å²) >= 11 is 0. The zero-order valence-electron chi connectivity index (χ0n) is 25.4. The van der Waals surface area contributed by atoms with Crippen molar-refractivity contribution in [2.24, 2.45) is 0 Å². The van der Waals surface area contributed by atoms with Crippen molar-refractivity contribution >= 4 is 22.7 Å². The predicted molar refractivity (Wildman–Crippen MR) is 163 cm³/mol. The van der Waals surface area contributed by atoms with Gasteiger partial charge in [-0.2, -0.15) is 5.26 Å². The number of allylic oxidation sites excluding steroid dienone is 2. The number of nitrogens with zero attached hydrogens (tertiary/aromatic N) is 5. The number of fused-ring (bicyclic) bond motifs is 3. The molecule has 6 rings (SSSR count).